The van der Waals surface area contributed by atoms with E-state index in [4.69, 9.17) is 5.14 Å². The zero-order chi connectivity index (χ0) is 13.9. The maximum Gasteiger partial charge on any atom is 0.270 e. The fourth-order valence-electron chi connectivity index (χ4n) is 1.55. The summed E-state index contributed by atoms with van der Waals surface area (Å²) in [6.45, 7) is 4.73. The molecule has 0 aliphatic carbocycles. The second-order valence-corrected chi connectivity index (χ2v) is 6.05. The fraction of sp³-hybridized carbons (Fsp3) is 0.545. The lowest BCUT2D eigenvalue weighted by molar-refractivity contribution is 0.0770. The van der Waals surface area contributed by atoms with Crippen LogP contribution in [0.1, 0.15) is 30.8 Å². The van der Waals surface area contributed by atoms with Crippen LogP contribution in [0.5, 0.6) is 0 Å². The van der Waals surface area contributed by atoms with E-state index in [1.54, 1.807) is 11.9 Å². The van der Waals surface area contributed by atoms with Crippen LogP contribution < -0.4 is 5.14 Å². The lowest BCUT2D eigenvalue weighted by Crippen LogP contribution is -2.31. The molecule has 0 aliphatic heterocycles. The van der Waals surface area contributed by atoms with Crippen LogP contribution in [0, 0.1) is 5.92 Å². The highest BCUT2D eigenvalue weighted by Crippen LogP contribution is 2.11. The molecule has 1 atom stereocenters. The van der Waals surface area contributed by atoms with Crippen LogP contribution in [0.25, 0.3) is 0 Å². The van der Waals surface area contributed by atoms with Crippen molar-refractivity contribution in [3.8, 4) is 0 Å². The number of carbonyl (C=O) groups is 1. The average Bonchev–Trinajstić information content (AvgIpc) is 2.76. The summed E-state index contributed by atoms with van der Waals surface area (Å²) in [7, 11) is -2.08. The van der Waals surface area contributed by atoms with Crippen LogP contribution >= 0.6 is 0 Å². The third-order valence-electron chi connectivity index (χ3n) is 2.84. The number of rotatable bonds is 5. The Morgan fingerprint density at radius 2 is 2.17 bits per heavy atom. The fourth-order valence-corrected chi connectivity index (χ4v) is 2.05. The van der Waals surface area contributed by atoms with Gasteiger partial charge in [0.25, 0.3) is 5.91 Å². The lowest BCUT2D eigenvalue weighted by Gasteiger charge is -2.20. The van der Waals surface area contributed by atoms with Gasteiger partial charge in [0.2, 0.25) is 10.0 Å². The molecule has 1 unspecified atom stereocenters. The second kappa shape index (κ2) is 5.53. The molecule has 0 saturated heterocycles. The van der Waals surface area contributed by atoms with Crippen molar-refractivity contribution in [2.75, 3.05) is 13.6 Å². The Bertz CT molecular complexity index is 521. The molecule has 1 heterocycles. The first-order valence-corrected chi connectivity index (χ1v) is 7.27. The molecule has 1 amide bonds. The maximum absolute atomic E-state index is 12.0. The van der Waals surface area contributed by atoms with Crippen LogP contribution in [0.3, 0.4) is 0 Å². The summed E-state index contributed by atoms with van der Waals surface area (Å²) in [4.78, 5) is 16.1. The number of sulfonamides is 1. The molecule has 0 radical (unpaired) electrons. The molecule has 1 aromatic heterocycles. The Morgan fingerprint density at radius 1 is 1.56 bits per heavy atom. The third kappa shape index (κ3) is 3.58. The van der Waals surface area contributed by atoms with Gasteiger partial charge in [0.1, 0.15) is 5.69 Å². The highest BCUT2D eigenvalue weighted by Gasteiger charge is 2.18. The van der Waals surface area contributed by atoms with Gasteiger partial charge in [-0.2, -0.15) is 0 Å². The number of nitrogens with zero attached hydrogens (tertiary/aromatic N) is 1. The number of aromatic amines is 1. The smallest absolute Gasteiger partial charge is 0.270 e. The van der Waals surface area contributed by atoms with Crippen LogP contribution in [-0.4, -0.2) is 37.8 Å². The minimum absolute atomic E-state index is 0.0808. The summed E-state index contributed by atoms with van der Waals surface area (Å²) in [5.74, 6) is 0.150. The van der Waals surface area contributed by atoms with Crippen molar-refractivity contribution in [1.82, 2.24) is 9.88 Å². The summed E-state index contributed by atoms with van der Waals surface area (Å²) in [6, 6.07) is 1.25. The molecular weight excluding hydrogens is 254 g/mol. The molecule has 0 bridgehead atoms. The van der Waals surface area contributed by atoms with Crippen LogP contribution in [-0.2, 0) is 10.0 Å². The molecule has 0 fully saturated rings. The van der Waals surface area contributed by atoms with E-state index in [1.807, 2.05) is 6.92 Å². The van der Waals surface area contributed by atoms with Crippen molar-refractivity contribution >= 4 is 15.9 Å². The van der Waals surface area contributed by atoms with Gasteiger partial charge in [-0.1, -0.05) is 20.3 Å². The van der Waals surface area contributed by atoms with Crippen LogP contribution in [0.4, 0.5) is 0 Å². The highest BCUT2D eigenvalue weighted by molar-refractivity contribution is 7.89. The Kier molecular flexibility index (Phi) is 4.53. The van der Waals surface area contributed by atoms with E-state index in [-0.39, 0.29) is 16.5 Å². The number of primary sulfonamides is 1. The van der Waals surface area contributed by atoms with E-state index in [0.29, 0.717) is 12.5 Å². The predicted molar refractivity (Wildman–Crippen MR) is 68.6 cm³/mol. The summed E-state index contributed by atoms with van der Waals surface area (Å²) >= 11 is 0. The van der Waals surface area contributed by atoms with E-state index in [2.05, 4.69) is 11.9 Å². The lowest BCUT2D eigenvalue weighted by atomic mass is 10.1. The van der Waals surface area contributed by atoms with Gasteiger partial charge in [0.15, 0.2) is 0 Å². The molecule has 1 rings (SSSR count). The summed E-state index contributed by atoms with van der Waals surface area (Å²) in [5.41, 5.74) is 0.227. The van der Waals surface area contributed by atoms with Crippen molar-refractivity contribution in [3.05, 3.63) is 18.0 Å². The summed E-state index contributed by atoms with van der Waals surface area (Å²) in [6.07, 6.45) is 2.20. The molecule has 0 saturated carbocycles. The van der Waals surface area contributed by atoms with E-state index >= 15 is 0 Å². The van der Waals surface area contributed by atoms with Gasteiger partial charge >= 0.3 is 0 Å². The largest absolute Gasteiger partial charge is 0.356 e. The van der Waals surface area contributed by atoms with Gasteiger partial charge in [-0.15, -0.1) is 0 Å². The maximum atomic E-state index is 12.0. The monoisotopic (exact) mass is 273 g/mol. The van der Waals surface area contributed by atoms with Gasteiger partial charge in [-0.25, -0.2) is 13.6 Å². The zero-order valence-electron chi connectivity index (χ0n) is 10.8. The molecule has 102 valence electrons. The first-order chi connectivity index (χ1) is 8.25. The van der Waals surface area contributed by atoms with Gasteiger partial charge in [0.05, 0.1) is 4.90 Å². The van der Waals surface area contributed by atoms with Gasteiger partial charge < -0.3 is 9.88 Å². The van der Waals surface area contributed by atoms with E-state index < -0.39 is 10.0 Å². The number of amides is 1. The Hall–Kier alpha value is -1.34. The number of aromatic nitrogens is 1. The minimum Gasteiger partial charge on any atom is -0.356 e. The molecule has 18 heavy (non-hydrogen) atoms. The molecule has 0 aromatic carbocycles. The molecule has 0 spiro atoms. The van der Waals surface area contributed by atoms with Crippen LogP contribution in [0.2, 0.25) is 0 Å². The van der Waals surface area contributed by atoms with Crippen molar-refractivity contribution in [3.63, 3.8) is 0 Å². The predicted octanol–water partition coefficient (Wildman–Crippen LogP) is 0.780. The molecule has 0 aliphatic rings. The Morgan fingerprint density at radius 3 is 2.61 bits per heavy atom. The SMILES string of the molecule is CCC(C)CN(C)C(=O)c1cc(S(N)(=O)=O)c[nH]1. The highest BCUT2D eigenvalue weighted by atomic mass is 32.2. The summed E-state index contributed by atoms with van der Waals surface area (Å²) in [5, 5.41) is 4.98. The number of hydrogen-bond donors (Lipinski definition) is 2. The normalized spacial score (nSPS) is 13.3. The number of nitrogens with two attached hydrogens (primary N) is 1. The zero-order valence-corrected chi connectivity index (χ0v) is 11.6. The van der Waals surface area contributed by atoms with Crippen LogP contribution in [0.15, 0.2) is 17.2 Å². The number of hydrogen-bond acceptors (Lipinski definition) is 3. The molecule has 3 N–H and O–H groups in total. The molecule has 1 aromatic rings. The number of H-pyrrole nitrogens is 1. The molecule has 7 heteroatoms. The number of nitrogens with one attached hydrogen (secondary N) is 1. The second-order valence-electron chi connectivity index (χ2n) is 4.49. The van der Waals surface area contributed by atoms with Crippen molar-refractivity contribution in [2.45, 2.75) is 25.2 Å². The third-order valence-corrected chi connectivity index (χ3v) is 3.74. The Labute approximate surface area is 107 Å². The summed E-state index contributed by atoms with van der Waals surface area (Å²) < 4.78 is 22.2. The minimum atomic E-state index is -3.77. The van der Waals surface area contributed by atoms with E-state index in [9.17, 15) is 13.2 Å². The molecular formula is C11H19N3O3S. The van der Waals surface area contributed by atoms with Gasteiger partial charge in [0, 0.05) is 19.8 Å². The quantitative estimate of drug-likeness (QED) is 0.829. The van der Waals surface area contributed by atoms with Crippen molar-refractivity contribution in [1.29, 1.82) is 0 Å². The van der Waals surface area contributed by atoms with E-state index in [1.165, 1.54) is 12.3 Å². The number of carbonyl (C=O) groups excluding carboxylic acids is 1. The first-order valence-electron chi connectivity index (χ1n) is 5.72. The van der Waals surface area contributed by atoms with Crippen molar-refractivity contribution < 1.29 is 13.2 Å². The molecule has 6 nitrogen and oxygen atoms in total. The first kappa shape index (κ1) is 14.7. The Balaban J connectivity index is 2.82. The van der Waals surface area contributed by atoms with E-state index in [0.717, 1.165) is 6.42 Å². The topological polar surface area (TPSA) is 96.3 Å². The van der Waals surface area contributed by atoms with Crippen molar-refractivity contribution in [2.24, 2.45) is 11.1 Å². The standard InChI is InChI=1S/C11H19N3O3S/c1-4-8(2)7-14(3)11(15)10-5-9(6-13-10)18(12,16)17/h5-6,8,13H,4,7H2,1-3H3,(H2,12,16,17). The van der Waals surface area contributed by atoms with Gasteiger partial charge in [-0.05, 0) is 12.0 Å². The average molecular weight is 273 g/mol. The van der Waals surface area contributed by atoms with Gasteiger partial charge in [-0.3, -0.25) is 4.79 Å².